The third-order valence-corrected chi connectivity index (χ3v) is 5.68. The van der Waals surface area contributed by atoms with E-state index in [1.54, 1.807) is 53.2 Å². The van der Waals surface area contributed by atoms with Crippen molar-refractivity contribution in [3.05, 3.63) is 82.9 Å². The van der Waals surface area contributed by atoms with Crippen LogP contribution in [0.4, 0.5) is 10.3 Å². The van der Waals surface area contributed by atoms with Crippen molar-refractivity contribution in [2.45, 2.75) is 0 Å². The van der Waals surface area contributed by atoms with Crippen LogP contribution in [0.15, 0.2) is 60.8 Å². The first-order valence-corrected chi connectivity index (χ1v) is 10.6. The third-order valence-electron chi connectivity index (χ3n) is 5.35. The molecular formula is C23H20ClFN6O. The molecule has 4 aromatic rings. The largest absolute Gasteiger partial charge is 0.314 e. The molecular weight excluding hydrogens is 431 g/mol. The summed E-state index contributed by atoms with van der Waals surface area (Å²) in [5.41, 5.74) is 5.14. The quantitative estimate of drug-likeness (QED) is 0.452. The van der Waals surface area contributed by atoms with Crippen LogP contribution in [0.25, 0.3) is 16.7 Å². The number of benzene rings is 2. The fraction of sp³-hybridized carbons (Fsp3) is 0.174. The Balaban J connectivity index is 1.64. The van der Waals surface area contributed by atoms with Crippen LogP contribution in [0, 0.1) is 5.82 Å². The van der Waals surface area contributed by atoms with E-state index < -0.39 is 0 Å². The number of aromatic nitrogens is 3. The second-order valence-electron chi connectivity index (χ2n) is 7.47. The Morgan fingerprint density at radius 1 is 1.09 bits per heavy atom. The average Bonchev–Trinajstić information content (AvgIpc) is 3.19. The highest BCUT2D eigenvalue weighted by atomic mass is 35.5. The molecule has 3 heterocycles. The topological polar surface area (TPSA) is 75.1 Å². The van der Waals surface area contributed by atoms with Gasteiger partial charge in [-0.25, -0.2) is 14.4 Å². The number of carbonyl (C=O) groups excluding carboxylic acids is 1. The number of nitrogens with zero attached hydrogens (tertiary/aromatic N) is 4. The number of halogens is 2. The molecule has 0 atom stereocenters. The summed E-state index contributed by atoms with van der Waals surface area (Å²) in [6.07, 6.45) is 1.68. The van der Waals surface area contributed by atoms with Gasteiger partial charge < -0.3 is 5.32 Å². The fourth-order valence-corrected chi connectivity index (χ4v) is 3.98. The number of hydrogen-bond acceptors (Lipinski definition) is 6. The molecule has 1 aliphatic heterocycles. The van der Waals surface area contributed by atoms with Crippen molar-refractivity contribution in [1.29, 1.82) is 0 Å². The molecule has 162 valence electrons. The molecule has 2 aromatic carbocycles. The number of hydrazine groups is 1. The molecule has 1 saturated heterocycles. The molecule has 32 heavy (non-hydrogen) atoms. The monoisotopic (exact) mass is 450 g/mol. The van der Waals surface area contributed by atoms with Gasteiger partial charge in [-0.1, -0.05) is 23.7 Å². The highest BCUT2D eigenvalue weighted by Crippen LogP contribution is 2.28. The summed E-state index contributed by atoms with van der Waals surface area (Å²) in [5.74, 6) is -0.188. The second-order valence-corrected chi connectivity index (χ2v) is 7.88. The third kappa shape index (κ3) is 3.95. The summed E-state index contributed by atoms with van der Waals surface area (Å²) in [6, 6.07) is 14.6. The zero-order valence-electron chi connectivity index (χ0n) is 17.1. The minimum atomic E-state index is -0.361. The van der Waals surface area contributed by atoms with E-state index in [2.05, 4.69) is 20.7 Å². The lowest BCUT2D eigenvalue weighted by molar-refractivity contribution is 0.103. The molecule has 2 aromatic heterocycles. The summed E-state index contributed by atoms with van der Waals surface area (Å²) in [4.78, 5) is 22.5. The Labute approximate surface area is 188 Å². The van der Waals surface area contributed by atoms with Crippen LogP contribution < -0.4 is 10.7 Å². The van der Waals surface area contributed by atoms with Crippen molar-refractivity contribution in [2.75, 3.05) is 31.6 Å². The minimum absolute atomic E-state index is 0.255. The van der Waals surface area contributed by atoms with Gasteiger partial charge in [0.25, 0.3) is 0 Å². The van der Waals surface area contributed by atoms with Gasteiger partial charge >= 0.3 is 0 Å². The highest BCUT2D eigenvalue weighted by Gasteiger charge is 2.22. The van der Waals surface area contributed by atoms with Gasteiger partial charge in [-0.15, -0.1) is 0 Å². The van der Waals surface area contributed by atoms with Crippen molar-refractivity contribution < 1.29 is 9.18 Å². The molecule has 0 unspecified atom stereocenters. The summed E-state index contributed by atoms with van der Waals surface area (Å²) in [5, 5.41) is 6.39. The first kappa shape index (κ1) is 20.6. The van der Waals surface area contributed by atoms with Crippen molar-refractivity contribution in [1.82, 2.24) is 24.9 Å². The first-order chi connectivity index (χ1) is 15.6. The molecule has 0 bridgehead atoms. The average molecular weight is 451 g/mol. The Morgan fingerprint density at radius 2 is 1.84 bits per heavy atom. The van der Waals surface area contributed by atoms with Crippen LogP contribution in [-0.2, 0) is 0 Å². The Kier molecular flexibility index (Phi) is 5.57. The molecule has 2 N–H and O–H groups in total. The number of piperazine rings is 1. The van der Waals surface area contributed by atoms with Gasteiger partial charge in [-0.3, -0.25) is 14.8 Å². The van der Waals surface area contributed by atoms with E-state index in [1.807, 2.05) is 5.01 Å². The SMILES string of the molecule is O=C(c1ccccc1Cl)c1cc2cnc(NN3CCNCC3)nc2n1-c1ccc(F)cc1. The van der Waals surface area contributed by atoms with Crippen LogP contribution in [0.3, 0.4) is 0 Å². The van der Waals surface area contributed by atoms with Gasteiger partial charge in [0.15, 0.2) is 5.65 Å². The molecule has 0 amide bonds. The number of fused-ring (bicyclic) bond motifs is 1. The second kappa shape index (κ2) is 8.66. The number of carbonyl (C=O) groups is 1. The first-order valence-electron chi connectivity index (χ1n) is 10.3. The lowest BCUT2D eigenvalue weighted by Gasteiger charge is -2.27. The van der Waals surface area contributed by atoms with E-state index >= 15 is 0 Å². The van der Waals surface area contributed by atoms with Gasteiger partial charge in [-0.2, -0.15) is 4.98 Å². The van der Waals surface area contributed by atoms with E-state index in [-0.39, 0.29) is 11.6 Å². The maximum Gasteiger partial charge on any atom is 0.239 e. The maximum absolute atomic E-state index is 13.6. The van der Waals surface area contributed by atoms with Crippen molar-refractivity contribution >= 4 is 34.4 Å². The lowest BCUT2D eigenvalue weighted by Crippen LogP contribution is -2.46. The lowest BCUT2D eigenvalue weighted by atomic mass is 10.1. The summed E-state index contributed by atoms with van der Waals surface area (Å²) in [7, 11) is 0. The number of ketones is 1. The van der Waals surface area contributed by atoms with E-state index in [1.165, 1.54) is 12.1 Å². The van der Waals surface area contributed by atoms with Gasteiger partial charge in [0, 0.05) is 49.0 Å². The highest BCUT2D eigenvalue weighted by molar-refractivity contribution is 6.35. The number of nitrogens with one attached hydrogen (secondary N) is 2. The van der Waals surface area contributed by atoms with Crippen molar-refractivity contribution in [3.8, 4) is 5.69 Å². The summed E-state index contributed by atoms with van der Waals surface area (Å²) < 4.78 is 15.3. The Hall–Kier alpha value is -3.33. The number of rotatable bonds is 5. The zero-order chi connectivity index (χ0) is 22.1. The molecule has 9 heteroatoms. The van der Waals surface area contributed by atoms with E-state index in [4.69, 9.17) is 11.6 Å². The zero-order valence-corrected chi connectivity index (χ0v) is 17.8. The summed E-state index contributed by atoms with van der Waals surface area (Å²) >= 11 is 6.29. The van der Waals surface area contributed by atoms with Crippen molar-refractivity contribution in [2.24, 2.45) is 0 Å². The van der Waals surface area contributed by atoms with Crippen LogP contribution in [0.5, 0.6) is 0 Å². The molecule has 1 aliphatic rings. The standard InChI is InChI=1S/C23H20ClFN6O/c24-19-4-2-1-3-18(19)21(32)20-13-15-14-27-23(29-30-11-9-26-10-12-30)28-22(15)31(20)17-7-5-16(25)6-8-17/h1-8,13-14,26H,9-12H2,(H,27,28,29). The van der Waals surface area contributed by atoms with Crippen LogP contribution >= 0.6 is 11.6 Å². The Bertz CT molecular complexity index is 1280. The molecule has 1 fully saturated rings. The minimum Gasteiger partial charge on any atom is -0.314 e. The normalized spacial score (nSPS) is 14.6. The molecule has 0 aliphatic carbocycles. The van der Waals surface area contributed by atoms with Gasteiger partial charge in [0.1, 0.15) is 5.82 Å². The fourth-order valence-electron chi connectivity index (χ4n) is 3.76. The van der Waals surface area contributed by atoms with Gasteiger partial charge in [0.2, 0.25) is 11.7 Å². The Morgan fingerprint density at radius 3 is 2.59 bits per heavy atom. The molecule has 7 nitrogen and oxygen atoms in total. The van der Waals surface area contributed by atoms with Crippen LogP contribution in [0.2, 0.25) is 5.02 Å². The van der Waals surface area contributed by atoms with Crippen LogP contribution in [-0.4, -0.2) is 51.5 Å². The van der Waals surface area contributed by atoms with E-state index in [9.17, 15) is 9.18 Å². The predicted octanol–water partition coefficient (Wildman–Crippen LogP) is 3.68. The smallest absolute Gasteiger partial charge is 0.239 e. The van der Waals surface area contributed by atoms with E-state index in [0.29, 0.717) is 38.9 Å². The van der Waals surface area contributed by atoms with Crippen molar-refractivity contribution in [3.63, 3.8) is 0 Å². The van der Waals surface area contributed by atoms with Gasteiger partial charge in [0.05, 0.1) is 10.7 Å². The molecule has 0 spiro atoms. The molecule has 0 saturated carbocycles. The summed E-state index contributed by atoms with van der Waals surface area (Å²) in [6.45, 7) is 3.38. The molecule has 0 radical (unpaired) electrons. The maximum atomic E-state index is 13.6. The number of anilines is 1. The van der Waals surface area contributed by atoms with Gasteiger partial charge in [-0.05, 0) is 42.5 Å². The predicted molar refractivity (Wildman–Crippen MR) is 122 cm³/mol. The molecule has 5 rings (SSSR count). The number of hydrogen-bond donors (Lipinski definition) is 2. The van der Waals surface area contributed by atoms with Crippen LogP contribution in [0.1, 0.15) is 16.1 Å². The van der Waals surface area contributed by atoms with E-state index in [0.717, 1.165) is 26.2 Å².